The van der Waals surface area contributed by atoms with Gasteiger partial charge in [-0.15, -0.1) is 6.58 Å². The third-order valence-electron chi connectivity index (χ3n) is 3.68. The molecule has 0 radical (unpaired) electrons. The molecule has 3 heteroatoms. The molecule has 0 fully saturated rings. The maximum atomic E-state index is 11.2. The number of benzene rings is 1. The summed E-state index contributed by atoms with van der Waals surface area (Å²) in [6, 6.07) is 6.51. The lowest BCUT2D eigenvalue weighted by Crippen LogP contribution is -2.28. The van der Waals surface area contributed by atoms with Crippen LogP contribution >= 0.6 is 0 Å². The van der Waals surface area contributed by atoms with Gasteiger partial charge in [-0.05, 0) is 45.0 Å². The van der Waals surface area contributed by atoms with E-state index in [2.05, 4.69) is 36.8 Å². The monoisotopic (exact) mass is 274 g/mol. The van der Waals surface area contributed by atoms with Crippen molar-refractivity contribution in [3.8, 4) is 0 Å². The van der Waals surface area contributed by atoms with Crippen molar-refractivity contribution in [3.05, 3.63) is 47.5 Å². The molecule has 0 aromatic heterocycles. The number of hydrogen-bond acceptors (Lipinski definition) is 3. The van der Waals surface area contributed by atoms with Crippen LogP contribution in [0.4, 0.5) is 0 Å². The van der Waals surface area contributed by atoms with Crippen LogP contribution in [-0.2, 0) is 13.1 Å². The molecule has 0 aliphatic carbocycles. The van der Waals surface area contributed by atoms with E-state index in [4.69, 9.17) is 0 Å². The Morgan fingerprint density at radius 2 is 2.20 bits per heavy atom. The summed E-state index contributed by atoms with van der Waals surface area (Å²) in [5.74, 6) is 0. The summed E-state index contributed by atoms with van der Waals surface area (Å²) >= 11 is 0. The van der Waals surface area contributed by atoms with E-state index in [1.165, 1.54) is 5.56 Å². The zero-order chi connectivity index (χ0) is 15.0. The maximum absolute atomic E-state index is 11.2. The van der Waals surface area contributed by atoms with Gasteiger partial charge in [0.1, 0.15) is 6.29 Å². The first-order valence-corrected chi connectivity index (χ1v) is 7.15. The van der Waals surface area contributed by atoms with Crippen molar-refractivity contribution in [2.24, 2.45) is 0 Å². The highest BCUT2D eigenvalue weighted by molar-refractivity contribution is 5.77. The Balaban J connectivity index is 2.80. The van der Waals surface area contributed by atoms with Gasteiger partial charge in [0.05, 0.1) is 0 Å². The van der Waals surface area contributed by atoms with E-state index < -0.39 is 0 Å². The highest BCUT2D eigenvalue weighted by Crippen LogP contribution is 2.15. The van der Waals surface area contributed by atoms with E-state index in [9.17, 15) is 4.79 Å². The predicted molar refractivity (Wildman–Crippen MR) is 85.0 cm³/mol. The highest BCUT2D eigenvalue weighted by atomic mass is 16.1. The Morgan fingerprint density at radius 1 is 1.45 bits per heavy atom. The van der Waals surface area contributed by atoms with Crippen molar-refractivity contribution in [3.63, 3.8) is 0 Å². The smallest absolute Gasteiger partial charge is 0.150 e. The van der Waals surface area contributed by atoms with Crippen LogP contribution < -0.4 is 5.32 Å². The zero-order valence-electron chi connectivity index (χ0n) is 12.9. The molecule has 0 saturated heterocycles. The number of carbonyl (C=O) groups excluding carboxylic acids is 1. The van der Waals surface area contributed by atoms with Gasteiger partial charge in [-0.2, -0.15) is 0 Å². The van der Waals surface area contributed by atoms with Crippen molar-refractivity contribution in [1.82, 2.24) is 10.2 Å². The van der Waals surface area contributed by atoms with E-state index in [0.29, 0.717) is 6.04 Å². The van der Waals surface area contributed by atoms with E-state index in [0.717, 1.165) is 43.3 Å². The Labute approximate surface area is 122 Å². The topological polar surface area (TPSA) is 32.3 Å². The van der Waals surface area contributed by atoms with Gasteiger partial charge in [-0.25, -0.2) is 0 Å². The molecule has 0 aliphatic rings. The van der Waals surface area contributed by atoms with Crippen LogP contribution in [0.5, 0.6) is 0 Å². The summed E-state index contributed by atoms with van der Waals surface area (Å²) in [7, 11) is 4.03. The van der Waals surface area contributed by atoms with E-state index in [1.54, 1.807) is 0 Å². The molecule has 1 N–H and O–H groups in total. The van der Waals surface area contributed by atoms with Crippen molar-refractivity contribution in [2.45, 2.75) is 38.9 Å². The lowest BCUT2D eigenvalue weighted by molar-refractivity contribution is 0.112. The second-order valence-corrected chi connectivity index (χ2v) is 5.31. The second-order valence-electron chi connectivity index (χ2n) is 5.31. The van der Waals surface area contributed by atoms with Gasteiger partial charge < -0.3 is 5.32 Å². The van der Waals surface area contributed by atoms with Crippen LogP contribution in [0, 0.1) is 0 Å². The van der Waals surface area contributed by atoms with Gasteiger partial charge in [0.25, 0.3) is 0 Å². The summed E-state index contributed by atoms with van der Waals surface area (Å²) in [6.07, 6.45) is 5.01. The molecule has 0 saturated carbocycles. The maximum Gasteiger partial charge on any atom is 0.150 e. The van der Waals surface area contributed by atoms with Gasteiger partial charge in [-0.1, -0.05) is 24.3 Å². The molecule has 1 atom stereocenters. The first-order chi connectivity index (χ1) is 9.62. The number of hydrogen-bond donors (Lipinski definition) is 1. The normalized spacial score (nSPS) is 12.4. The van der Waals surface area contributed by atoms with E-state index >= 15 is 0 Å². The molecule has 1 aromatic carbocycles. The lowest BCUT2D eigenvalue weighted by atomic mass is 10.0. The Hall–Kier alpha value is -1.45. The Bertz CT molecular complexity index is 443. The van der Waals surface area contributed by atoms with Gasteiger partial charge in [0, 0.05) is 24.7 Å². The first kappa shape index (κ1) is 16.6. The molecule has 0 amide bonds. The molecule has 1 aromatic rings. The molecular formula is C17H26N2O. The summed E-state index contributed by atoms with van der Waals surface area (Å²) in [4.78, 5) is 13.5. The Kier molecular flexibility index (Phi) is 7.20. The Morgan fingerprint density at radius 3 is 2.80 bits per heavy atom. The van der Waals surface area contributed by atoms with Gasteiger partial charge in [-0.3, -0.25) is 9.69 Å². The van der Waals surface area contributed by atoms with Crippen LogP contribution in [-0.4, -0.2) is 31.3 Å². The molecule has 20 heavy (non-hydrogen) atoms. The molecule has 0 bridgehead atoms. The van der Waals surface area contributed by atoms with Gasteiger partial charge >= 0.3 is 0 Å². The van der Waals surface area contributed by atoms with Crippen molar-refractivity contribution < 1.29 is 4.79 Å². The van der Waals surface area contributed by atoms with Crippen LogP contribution in [0.2, 0.25) is 0 Å². The van der Waals surface area contributed by atoms with E-state index in [-0.39, 0.29) is 0 Å². The van der Waals surface area contributed by atoms with Crippen LogP contribution in [0.15, 0.2) is 30.9 Å². The van der Waals surface area contributed by atoms with Crippen molar-refractivity contribution in [1.29, 1.82) is 0 Å². The molecule has 0 aliphatic heterocycles. The first-order valence-electron chi connectivity index (χ1n) is 7.15. The minimum Gasteiger partial charge on any atom is -0.316 e. The number of rotatable bonds is 9. The molecule has 1 unspecified atom stereocenters. The summed E-state index contributed by atoms with van der Waals surface area (Å²) in [5.41, 5.74) is 3.09. The lowest BCUT2D eigenvalue weighted by Gasteiger charge is -2.25. The third kappa shape index (κ3) is 4.91. The number of allylic oxidation sites excluding steroid dienone is 1. The summed E-state index contributed by atoms with van der Waals surface area (Å²) in [6.45, 7) is 7.59. The van der Waals surface area contributed by atoms with Crippen molar-refractivity contribution >= 4 is 6.29 Å². The fourth-order valence-electron chi connectivity index (χ4n) is 2.23. The molecule has 1 rings (SSSR count). The molecule has 3 nitrogen and oxygen atoms in total. The molecule has 110 valence electrons. The number of aldehydes is 1. The fraction of sp³-hybridized carbons (Fsp3) is 0.471. The van der Waals surface area contributed by atoms with Crippen LogP contribution in [0.3, 0.4) is 0 Å². The average molecular weight is 274 g/mol. The quantitative estimate of drug-likeness (QED) is 0.555. The van der Waals surface area contributed by atoms with Gasteiger partial charge in [0.2, 0.25) is 0 Å². The largest absolute Gasteiger partial charge is 0.316 e. The molecular weight excluding hydrogens is 248 g/mol. The van der Waals surface area contributed by atoms with Crippen LogP contribution in [0.1, 0.15) is 41.3 Å². The SMILES string of the molecule is C=CCCC(C)N(C)Cc1cc(CNC)ccc1C=O. The molecule has 0 spiro atoms. The summed E-state index contributed by atoms with van der Waals surface area (Å²) in [5, 5.41) is 3.14. The molecule has 0 heterocycles. The minimum atomic E-state index is 0.473. The number of nitrogens with one attached hydrogen (secondary N) is 1. The second kappa shape index (κ2) is 8.67. The number of carbonyl (C=O) groups is 1. The predicted octanol–water partition coefficient (Wildman–Crippen LogP) is 3.01. The van der Waals surface area contributed by atoms with E-state index in [1.807, 2.05) is 25.3 Å². The van der Waals surface area contributed by atoms with Gasteiger partial charge in [0.15, 0.2) is 0 Å². The standard InChI is InChI=1S/C17H26N2O/c1-5-6-7-14(2)19(4)12-17-10-15(11-18-3)8-9-16(17)13-20/h5,8-10,13-14,18H,1,6-7,11-12H2,2-4H3. The highest BCUT2D eigenvalue weighted by Gasteiger charge is 2.11. The minimum absolute atomic E-state index is 0.473. The fourth-order valence-corrected chi connectivity index (χ4v) is 2.23. The third-order valence-corrected chi connectivity index (χ3v) is 3.68. The zero-order valence-corrected chi connectivity index (χ0v) is 12.9. The van der Waals surface area contributed by atoms with Crippen LogP contribution in [0.25, 0.3) is 0 Å². The summed E-state index contributed by atoms with van der Waals surface area (Å²) < 4.78 is 0. The average Bonchev–Trinajstić information content (AvgIpc) is 2.45. The van der Waals surface area contributed by atoms with Crippen molar-refractivity contribution in [2.75, 3.05) is 14.1 Å². The number of nitrogens with zero attached hydrogens (tertiary/aromatic N) is 1.